The van der Waals surface area contributed by atoms with Crippen LogP contribution in [0.25, 0.3) is 0 Å². The van der Waals surface area contributed by atoms with Gasteiger partial charge in [0.2, 0.25) is 0 Å². The number of benzene rings is 2. The molecule has 0 aromatic heterocycles. The summed E-state index contributed by atoms with van der Waals surface area (Å²) in [5.41, 5.74) is 5.59. The standard InChI is InChI=1S/C31H33Br2NO5/c1-37-15-5-14-34-23-6-3-8-25(35)29(23)28(30-24(34)7-4-9-26(30)36)20-16-22(33)31(27(17-20)38-2)39-18-19-10-12-21(32)13-11-19/h10-13,16-17,28H,3-9,14-15,18H2,1-2H3. The number of methoxy groups -OCH3 is 2. The van der Waals surface area contributed by atoms with Crippen LogP contribution in [0.5, 0.6) is 11.5 Å². The van der Waals surface area contributed by atoms with Crippen molar-refractivity contribution >= 4 is 43.4 Å². The Morgan fingerprint density at radius 3 is 2.13 bits per heavy atom. The van der Waals surface area contributed by atoms with Gasteiger partial charge in [0.25, 0.3) is 0 Å². The molecule has 0 radical (unpaired) electrons. The van der Waals surface area contributed by atoms with Gasteiger partial charge in [-0.25, -0.2) is 0 Å². The number of rotatable bonds is 9. The van der Waals surface area contributed by atoms with E-state index in [1.54, 1.807) is 14.2 Å². The van der Waals surface area contributed by atoms with Crippen LogP contribution in [0.1, 0.15) is 62.0 Å². The van der Waals surface area contributed by atoms with E-state index in [1.165, 1.54) is 0 Å². The van der Waals surface area contributed by atoms with E-state index in [9.17, 15) is 9.59 Å². The van der Waals surface area contributed by atoms with Gasteiger partial charge in [0.05, 0.1) is 11.6 Å². The van der Waals surface area contributed by atoms with Crippen LogP contribution < -0.4 is 9.47 Å². The van der Waals surface area contributed by atoms with Gasteiger partial charge in [-0.05, 0) is 83.4 Å². The van der Waals surface area contributed by atoms with Crippen molar-refractivity contribution in [2.45, 2.75) is 57.5 Å². The fourth-order valence-electron chi connectivity index (χ4n) is 5.97. The molecule has 0 amide bonds. The Bertz CT molecular complexity index is 1290. The second-order valence-corrected chi connectivity index (χ2v) is 11.9. The fraction of sp³-hybridized carbons (Fsp3) is 0.419. The maximum absolute atomic E-state index is 13.5. The molecule has 0 N–H and O–H groups in total. The molecule has 0 saturated carbocycles. The highest BCUT2D eigenvalue weighted by Crippen LogP contribution is 2.51. The minimum Gasteiger partial charge on any atom is -0.493 e. The van der Waals surface area contributed by atoms with E-state index in [0.29, 0.717) is 37.6 Å². The first-order valence-corrected chi connectivity index (χ1v) is 15.0. The molecule has 2 aromatic rings. The molecular weight excluding hydrogens is 626 g/mol. The van der Waals surface area contributed by atoms with Gasteiger partial charge in [-0.15, -0.1) is 0 Å². The molecule has 0 spiro atoms. The molecule has 8 heteroatoms. The summed E-state index contributed by atoms with van der Waals surface area (Å²) in [5.74, 6) is 1.02. The molecule has 6 nitrogen and oxygen atoms in total. The number of nitrogens with zero attached hydrogens (tertiary/aromatic N) is 1. The molecule has 2 aliphatic carbocycles. The second kappa shape index (κ2) is 12.4. The Hall–Kier alpha value is -2.42. The Morgan fingerprint density at radius 2 is 1.54 bits per heavy atom. The van der Waals surface area contributed by atoms with Gasteiger partial charge in [-0.3, -0.25) is 9.59 Å². The number of ether oxygens (including phenoxy) is 3. The molecule has 0 bridgehead atoms. The molecular formula is C31H33Br2NO5. The number of hydrogen-bond donors (Lipinski definition) is 0. The van der Waals surface area contributed by atoms with Gasteiger partial charge in [0, 0.05) is 66.0 Å². The van der Waals surface area contributed by atoms with E-state index in [-0.39, 0.29) is 11.6 Å². The lowest BCUT2D eigenvalue weighted by molar-refractivity contribution is -0.117. The number of carbonyl (C=O) groups excluding carboxylic acids is 2. The zero-order valence-corrected chi connectivity index (χ0v) is 25.5. The van der Waals surface area contributed by atoms with Crippen molar-refractivity contribution in [1.82, 2.24) is 4.90 Å². The number of carbonyl (C=O) groups is 2. The Morgan fingerprint density at radius 1 is 0.897 bits per heavy atom. The molecule has 1 heterocycles. The molecule has 0 atom stereocenters. The second-order valence-electron chi connectivity index (χ2n) is 10.2. The van der Waals surface area contributed by atoms with E-state index in [1.807, 2.05) is 36.4 Å². The summed E-state index contributed by atoms with van der Waals surface area (Å²) in [5, 5.41) is 0. The quantitative estimate of drug-likeness (QED) is 0.265. The van der Waals surface area contributed by atoms with Gasteiger partial charge >= 0.3 is 0 Å². The monoisotopic (exact) mass is 657 g/mol. The van der Waals surface area contributed by atoms with Gasteiger partial charge in [0.1, 0.15) is 6.61 Å². The number of Topliss-reactive ketones (excluding diaryl/α,β-unsaturated/α-hetero) is 2. The summed E-state index contributed by atoms with van der Waals surface area (Å²) in [6.45, 7) is 1.76. The van der Waals surface area contributed by atoms with Crippen molar-refractivity contribution in [3.05, 3.63) is 79.0 Å². The van der Waals surface area contributed by atoms with E-state index in [0.717, 1.165) is 81.3 Å². The maximum atomic E-state index is 13.5. The van der Waals surface area contributed by atoms with Gasteiger partial charge < -0.3 is 19.1 Å². The zero-order chi connectivity index (χ0) is 27.5. The van der Waals surface area contributed by atoms with Crippen LogP contribution in [0.2, 0.25) is 0 Å². The first-order chi connectivity index (χ1) is 18.9. The average Bonchev–Trinajstić information content (AvgIpc) is 2.93. The summed E-state index contributed by atoms with van der Waals surface area (Å²) in [6, 6.07) is 11.9. The van der Waals surface area contributed by atoms with Crippen molar-refractivity contribution in [2.75, 3.05) is 27.4 Å². The first kappa shape index (κ1) is 28.1. The Kier molecular flexibility index (Phi) is 8.94. The number of allylic oxidation sites excluding steroid dienone is 4. The Balaban J connectivity index is 1.57. The molecule has 0 unspecified atom stereocenters. The number of ketones is 2. The summed E-state index contributed by atoms with van der Waals surface area (Å²) in [6.07, 6.45) is 5.18. The van der Waals surface area contributed by atoms with Crippen molar-refractivity contribution < 1.29 is 23.8 Å². The van der Waals surface area contributed by atoms with E-state index in [2.05, 4.69) is 36.8 Å². The molecule has 5 rings (SSSR count). The van der Waals surface area contributed by atoms with E-state index < -0.39 is 5.92 Å². The third-order valence-corrected chi connectivity index (χ3v) is 8.82. The lowest BCUT2D eigenvalue weighted by Crippen LogP contribution is -2.39. The molecule has 0 saturated heterocycles. The Labute approximate surface area is 246 Å². The largest absolute Gasteiger partial charge is 0.493 e. The van der Waals surface area contributed by atoms with Gasteiger partial charge in [-0.2, -0.15) is 0 Å². The van der Waals surface area contributed by atoms with Crippen LogP contribution in [0.15, 0.2) is 67.9 Å². The molecule has 2 aromatic carbocycles. The highest BCUT2D eigenvalue weighted by Gasteiger charge is 2.43. The lowest BCUT2D eigenvalue weighted by Gasteiger charge is -2.44. The van der Waals surface area contributed by atoms with Crippen molar-refractivity contribution in [3.8, 4) is 11.5 Å². The first-order valence-electron chi connectivity index (χ1n) is 13.5. The highest BCUT2D eigenvalue weighted by atomic mass is 79.9. The van der Waals surface area contributed by atoms with Gasteiger partial charge in [-0.1, -0.05) is 28.1 Å². The van der Waals surface area contributed by atoms with Crippen molar-refractivity contribution in [3.63, 3.8) is 0 Å². The molecule has 206 valence electrons. The SMILES string of the molecule is COCCCN1C2=C(C(=O)CCC2)C(c2cc(Br)c(OCc3ccc(Br)cc3)c(OC)c2)C2=C1CCCC2=O. The van der Waals surface area contributed by atoms with Crippen LogP contribution in [0, 0.1) is 0 Å². The average molecular weight is 659 g/mol. The predicted molar refractivity (Wildman–Crippen MR) is 157 cm³/mol. The summed E-state index contributed by atoms with van der Waals surface area (Å²) < 4.78 is 19.0. The summed E-state index contributed by atoms with van der Waals surface area (Å²) in [7, 11) is 3.32. The van der Waals surface area contributed by atoms with Crippen molar-refractivity contribution in [2.24, 2.45) is 0 Å². The summed E-state index contributed by atoms with van der Waals surface area (Å²) >= 11 is 7.18. The summed E-state index contributed by atoms with van der Waals surface area (Å²) in [4.78, 5) is 29.4. The van der Waals surface area contributed by atoms with Gasteiger partial charge in [0.15, 0.2) is 23.1 Å². The van der Waals surface area contributed by atoms with Crippen LogP contribution in [0.3, 0.4) is 0 Å². The smallest absolute Gasteiger partial charge is 0.175 e. The third-order valence-electron chi connectivity index (χ3n) is 7.70. The fourth-order valence-corrected chi connectivity index (χ4v) is 6.81. The normalized spacial score (nSPS) is 17.9. The van der Waals surface area contributed by atoms with Crippen molar-refractivity contribution in [1.29, 1.82) is 0 Å². The van der Waals surface area contributed by atoms with E-state index in [4.69, 9.17) is 14.2 Å². The molecule has 3 aliphatic rings. The predicted octanol–water partition coefficient (Wildman–Crippen LogP) is 7.25. The minimum absolute atomic E-state index is 0.133. The lowest BCUT2D eigenvalue weighted by atomic mass is 9.71. The minimum atomic E-state index is -0.403. The van der Waals surface area contributed by atoms with Crippen LogP contribution >= 0.6 is 31.9 Å². The van der Waals surface area contributed by atoms with Crippen LogP contribution in [0.4, 0.5) is 0 Å². The third kappa shape index (κ3) is 5.74. The highest BCUT2D eigenvalue weighted by molar-refractivity contribution is 9.10. The number of halogens is 2. The maximum Gasteiger partial charge on any atom is 0.175 e. The van der Waals surface area contributed by atoms with Crippen LogP contribution in [-0.2, 0) is 20.9 Å². The van der Waals surface area contributed by atoms with Crippen LogP contribution in [-0.4, -0.2) is 43.8 Å². The van der Waals surface area contributed by atoms with E-state index >= 15 is 0 Å². The molecule has 0 fully saturated rings. The number of hydrogen-bond acceptors (Lipinski definition) is 6. The zero-order valence-electron chi connectivity index (χ0n) is 22.4. The molecule has 1 aliphatic heterocycles. The topological polar surface area (TPSA) is 65.1 Å². The molecule has 39 heavy (non-hydrogen) atoms.